The van der Waals surface area contributed by atoms with Crippen LogP contribution in [0.15, 0.2) is 40.9 Å². The van der Waals surface area contributed by atoms with Gasteiger partial charge in [0.25, 0.3) is 0 Å². The molecule has 212 valence electrons. The molecular formula is C28H26FN5O7. The molecule has 0 radical (unpaired) electrons. The van der Waals surface area contributed by atoms with Crippen LogP contribution in [0.5, 0.6) is 0 Å². The summed E-state index contributed by atoms with van der Waals surface area (Å²) in [5.74, 6) is -2.21. The van der Waals surface area contributed by atoms with Crippen LogP contribution in [0.25, 0.3) is 11.0 Å². The zero-order valence-electron chi connectivity index (χ0n) is 22.2. The summed E-state index contributed by atoms with van der Waals surface area (Å²) in [6, 6.07) is 8.91. The number of fused-ring (bicyclic) bond motifs is 5. The summed E-state index contributed by atoms with van der Waals surface area (Å²) < 4.78 is 33.2. The number of cyclic esters (lactones) is 1. The van der Waals surface area contributed by atoms with Gasteiger partial charge in [0.2, 0.25) is 17.4 Å². The minimum absolute atomic E-state index is 0.0812. The summed E-state index contributed by atoms with van der Waals surface area (Å²) >= 11 is 0. The molecule has 2 aromatic carbocycles. The predicted molar refractivity (Wildman–Crippen MR) is 141 cm³/mol. The van der Waals surface area contributed by atoms with E-state index < -0.39 is 53.4 Å². The van der Waals surface area contributed by atoms with E-state index in [1.54, 1.807) is 17.9 Å². The number of nitrogens with one attached hydrogen (secondary N) is 2. The third kappa shape index (κ3) is 3.64. The number of anilines is 2. The molecule has 4 aliphatic heterocycles. The molecule has 7 rings (SSSR count). The fourth-order valence-electron chi connectivity index (χ4n) is 6.87. The SMILES string of the molecule is C[C@@H]1CN2c3c(cc4c(N5C(=O)OC[C@@H]5Cc5ccccc5)noc4c3F)CC3(C(=O)NC(=O)NC3=O)C2[C@H](C)O1. The number of rotatable bonds is 3. The Kier molecular flexibility index (Phi) is 5.58. The van der Waals surface area contributed by atoms with Gasteiger partial charge in [-0.1, -0.05) is 35.5 Å². The number of carbonyl (C=O) groups excluding carboxylic acids is 4. The lowest BCUT2D eigenvalue weighted by Crippen LogP contribution is -2.75. The second kappa shape index (κ2) is 8.99. The van der Waals surface area contributed by atoms with Crippen molar-refractivity contribution < 1.29 is 37.6 Å². The molecule has 4 aliphatic rings. The van der Waals surface area contributed by atoms with Crippen molar-refractivity contribution in [1.29, 1.82) is 0 Å². The van der Waals surface area contributed by atoms with Crippen LogP contribution >= 0.6 is 0 Å². The molecule has 1 spiro atoms. The van der Waals surface area contributed by atoms with E-state index in [2.05, 4.69) is 15.8 Å². The molecule has 2 N–H and O–H groups in total. The number of hydrogen-bond donors (Lipinski definition) is 2. The molecule has 1 aromatic heterocycles. The monoisotopic (exact) mass is 563 g/mol. The van der Waals surface area contributed by atoms with Gasteiger partial charge < -0.3 is 18.9 Å². The van der Waals surface area contributed by atoms with Gasteiger partial charge in [-0.15, -0.1) is 0 Å². The summed E-state index contributed by atoms with van der Waals surface area (Å²) in [5, 5.41) is 8.73. The Morgan fingerprint density at radius 1 is 1.10 bits per heavy atom. The largest absolute Gasteiger partial charge is 0.447 e. The number of nitrogens with zero attached hydrogens (tertiary/aromatic N) is 3. The third-order valence-electron chi connectivity index (χ3n) is 8.45. The predicted octanol–water partition coefficient (Wildman–Crippen LogP) is 2.43. The summed E-state index contributed by atoms with van der Waals surface area (Å²) in [5.41, 5.74) is -0.458. The van der Waals surface area contributed by atoms with E-state index in [9.17, 15) is 19.2 Å². The molecule has 1 unspecified atom stereocenters. The quantitative estimate of drug-likeness (QED) is 0.459. The Hall–Kier alpha value is -4.52. The summed E-state index contributed by atoms with van der Waals surface area (Å²) in [6.07, 6.45) is -1.39. The maximum absolute atomic E-state index is 16.4. The lowest BCUT2D eigenvalue weighted by atomic mass is 9.66. The second-order valence-electron chi connectivity index (χ2n) is 11.0. The summed E-state index contributed by atoms with van der Waals surface area (Å²) in [7, 11) is 0. The van der Waals surface area contributed by atoms with Crippen LogP contribution in [0.3, 0.4) is 0 Å². The van der Waals surface area contributed by atoms with Crippen LogP contribution < -0.4 is 20.4 Å². The van der Waals surface area contributed by atoms with Gasteiger partial charge in [0.05, 0.1) is 35.4 Å². The van der Waals surface area contributed by atoms with E-state index in [4.69, 9.17) is 14.0 Å². The molecule has 13 heteroatoms. The van der Waals surface area contributed by atoms with Crippen molar-refractivity contribution in [2.45, 2.75) is 51.0 Å². The first-order valence-electron chi connectivity index (χ1n) is 13.4. The molecule has 0 saturated carbocycles. The number of aromatic nitrogens is 1. The Morgan fingerprint density at radius 2 is 1.83 bits per heavy atom. The molecule has 5 heterocycles. The number of amides is 5. The minimum atomic E-state index is -1.78. The zero-order valence-corrected chi connectivity index (χ0v) is 22.2. The highest BCUT2D eigenvalue weighted by molar-refractivity contribution is 6.20. The summed E-state index contributed by atoms with van der Waals surface area (Å²) in [4.78, 5) is 54.8. The first-order chi connectivity index (χ1) is 19.7. The lowest BCUT2D eigenvalue weighted by Gasteiger charge is -2.55. The van der Waals surface area contributed by atoms with Crippen molar-refractivity contribution >= 4 is 46.4 Å². The van der Waals surface area contributed by atoms with Crippen molar-refractivity contribution in [3.05, 3.63) is 53.3 Å². The number of barbiturate groups is 1. The zero-order chi connectivity index (χ0) is 28.6. The van der Waals surface area contributed by atoms with Crippen molar-refractivity contribution in [2.75, 3.05) is 23.0 Å². The second-order valence-corrected chi connectivity index (χ2v) is 11.0. The van der Waals surface area contributed by atoms with Gasteiger partial charge in [-0.05, 0) is 37.5 Å². The molecule has 5 amide bonds. The number of hydrogen-bond acceptors (Lipinski definition) is 9. The first kappa shape index (κ1) is 25.4. The Morgan fingerprint density at radius 3 is 2.56 bits per heavy atom. The van der Waals surface area contributed by atoms with Gasteiger partial charge in [0.1, 0.15) is 6.61 Å². The molecule has 4 atom stereocenters. The first-order valence-corrected chi connectivity index (χ1v) is 13.4. The van der Waals surface area contributed by atoms with Gasteiger partial charge in [-0.2, -0.15) is 0 Å². The van der Waals surface area contributed by atoms with E-state index >= 15 is 4.39 Å². The average Bonchev–Trinajstić information content (AvgIpc) is 3.50. The van der Waals surface area contributed by atoms with Gasteiger partial charge in [0, 0.05) is 13.0 Å². The van der Waals surface area contributed by atoms with Crippen molar-refractivity contribution in [3.8, 4) is 0 Å². The number of imide groups is 2. The van der Waals surface area contributed by atoms with E-state index in [1.807, 2.05) is 37.3 Å². The topological polar surface area (TPSA) is 143 Å². The molecule has 41 heavy (non-hydrogen) atoms. The molecule has 12 nitrogen and oxygen atoms in total. The molecular weight excluding hydrogens is 537 g/mol. The molecule has 0 bridgehead atoms. The fourth-order valence-corrected chi connectivity index (χ4v) is 6.87. The molecule has 3 aromatic rings. The van der Waals surface area contributed by atoms with E-state index in [0.29, 0.717) is 12.0 Å². The van der Waals surface area contributed by atoms with Crippen LogP contribution in [0.1, 0.15) is 25.0 Å². The van der Waals surface area contributed by atoms with E-state index in [0.717, 1.165) is 5.56 Å². The van der Waals surface area contributed by atoms with E-state index in [1.165, 1.54) is 4.90 Å². The molecule has 0 aliphatic carbocycles. The van der Waals surface area contributed by atoms with Crippen LogP contribution in [0.4, 0.5) is 25.5 Å². The fraction of sp³-hybridized carbons (Fsp3) is 0.393. The van der Waals surface area contributed by atoms with Gasteiger partial charge in [-0.3, -0.25) is 25.1 Å². The molecule has 3 saturated heterocycles. The highest BCUT2D eigenvalue weighted by Crippen LogP contribution is 2.50. The number of benzene rings is 2. The number of ether oxygens (including phenoxy) is 2. The van der Waals surface area contributed by atoms with E-state index in [-0.39, 0.29) is 48.2 Å². The van der Waals surface area contributed by atoms with Crippen LogP contribution in [0.2, 0.25) is 0 Å². The third-order valence-corrected chi connectivity index (χ3v) is 8.45. The lowest BCUT2D eigenvalue weighted by molar-refractivity contribution is -0.153. The van der Waals surface area contributed by atoms with Gasteiger partial charge >= 0.3 is 12.1 Å². The maximum Gasteiger partial charge on any atom is 0.416 e. The highest BCUT2D eigenvalue weighted by atomic mass is 19.1. The Balaban J connectivity index is 1.37. The van der Waals surface area contributed by atoms with Crippen molar-refractivity contribution in [2.24, 2.45) is 5.41 Å². The van der Waals surface area contributed by atoms with Crippen molar-refractivity contribution in [3.63, 3.8) is 0 Å². The Bertz CT molecular complexity index is 1600. The Labute approximate surface area is 232 Å². The standard InChI is InChI=1S/C28H26FN5O7/c1-13-11-33-20-16(10-28(22(33)14(2)40-13)24(35)30-26(37)31-25(28)36)9-18-21(19(20)29)41-32-23(18)34-17(12-39-27(34)38)8-15-6-4-3-5-7-15/h3-7,9,13-14,17,22H,8,10-12H2,1-2H3,(H2,30,31,35,36,37)/t13-,14+,17+,22?/m1/s1. The minimum Gasteiger partial charge on any atom is -0.447 e. The van der Waals surface area contributed by atoms with Crippen LogP contribution in [0, 0.1) is 11.2 Å². The highest BCUT2D eigenvalue weighted by Gasteiger charge is 2.63. The number of morpholine rings is 1. The maximum atomic E-state index is 16.4. The van der Waals surface area contributed by atoms with Crippen LogP contribution in [-0.4, -0.2) is 66.5 Å². The number of carbonyl (C=O) groups is 4. The average molecular weight is 564 g/mol. The van der Waals surface area contributed by atoms with Crippen LogP contribution in [-0.2, 0) is 31.9 Å². The molecule has 3 fully saturated rings. The number of urea groups is 1. The normalized spacial score (nSPS) is 27.0. The number of halogens is 1. The smallest absolute Gasteiger partial charge is 0.416 e. The summed E-state index contributed by atoms with van der Waals surface area (Å²) in [6.45, 7) is 3.82. The van der Waals surface area contributed by atoms with Gasteiger partial charge in [0.15, 0.2) is 17.1 Å². The van der Waals surface area contributed by atoms with Gasteiger partial charge in [-0.25, -0.2) is 14.0 Å². The van der Waals surface area contributed by atoms with Crippen molar-refractivity contribution in [1.82, 2.24) is 15.8 Å².